The molecule has 20 heavy (non-hydrogen) atoms. The normalized spacial score (nSPS) is 20.9. The van der Waals surface area contributed by atoms with E-state index in [1.54, 1.807) is 0 Å². The van der Waals surface area contributed by atoms with Crippen LogP contribution in [0.3, 0.4) is 0 Å². The van der Waals surface area contributed by atoms with Gasteiger partial charge in [0.1, 0.15) is 0 Å². The van der Waals surface area contributed by atoms with Crippen molar-refractivity contribution < 1.29 is 4.74 Å². The van der Waals surface area contributed by atoms with E-state index in [0.29, 0.717) is 5.92 Å². The summed E-state index contributed by atoms with van der Waals surface area (Å²) in [7, 11) is 0. The number of hydrogen-bond acceptors (Lipinski definition) is 1. The van der Waals surface area contributed by atoms with Gasteiger partial charge in [0.05, 0.1) is 12.0 Å². The molecule has 1 aliphatic heterocycles. The summed E-state index contributed by atoms with van der Waals surface area (Å²) in [6, 6.07) is 4.71. The Hall–Kier alpha value is -0.530. The summed E-state index contributed by atoms with van der Waals surface area (Å²) in [6.45, 7) is 8.41. The van der Waals surface area contributed by atoms with Crippen LogP contribution in [0.25, 0.3) is 0 Å². The zero-order valence-electron chi connectivity index (χ0n) is 13.0. The first kappa shape index (κ1) is 15.9. The molecular weight excluding hydrogens is 268 g/mol. The standard InChI is InChI=1S/C18H27ClO/c1-4-13-10-14(5-2)17(15(6-3)11-13)18(19)16-8-7-9-20-12-16/h10-11,16,18H,4-9,12H2,1-3H3. The van der Waals surface area contributed by atoms with Crippen molar-refractivity contribution in [2.45, 2.75) is 58.3 Å². The molecule has 0 spiro atoms. The number of ether oxygens (including phenoxy) is 1. The molecular formula is C18H27ClO. The molecule has 2 unspecified atom stereocenters. The minimum absolute atomic E-state index is 0.103. The van der Waals surface area contributed by atoms with Crippen LogP contribution in [0, 0.1) is 5.92 Å². The van der Waals surface area contributed by atoms with Gasteiger partial charge < -0.3 is 4.74 Å². The van der Waals surface area contributed by atoms with Crippen LogP contribution >= 0.6 is 11.6 Å². The second-order valence-electron chi connectivity index (χ2n) is 5.77. The minimum atomic E-state index is 0.103. The van der Waals surface area contributed by atoms with E-state index in [9.17, 15) is 0 Å². The first-order valence-corrected chi connectivity index (χ1v) is 8.51. The van der Waals surface area contributed by atoms with Gasteiger partial charge in [0.2, 0.25) is 0 Å². The van der Waals surface area contributed by atoms with Crippen molar-refractivity contribution in [3.8, 4) is 0 Å². The maximum absolute atomic E-state index is 6.87. The summed E-state index contributed by atoms with van der Waals surface area (Å²) in [5.74, 6) is 0.466. The van der Waals surface area contributed by atoms with Crippen molar-refractivity contribution in [1.29, 1.82) is 0 Å². The quantitative estimate of drug-likeness (QED) is 0.688. The molecule has 0 amide bonds. The molecule has 1 heterocycles. The van der Waals surface area contributed by atoms with Crippen molar-refractivity contribution in [3.05, 3.63) is 34.4 Å². The van der Waals surface area contributed by atoms with E-state index in [0.717, 1.165) is 38.9 Å². The van der Waals surface area contributed by atoms with Gasteiger partial charge in [0.15, 0.2) is 0 Å². The Morgan fingerprint density at radius 2 is 1.80 bits per heavy atom. The summed E-state index contributed by atoms with van der Waals surface area (Å²) in [5, 5.41) is 0.103. The van der Waals surface area contributed by atoms with Crippen molar-refractivity contribution >= 4 is 11.6 Å². The Morgan fingerprint density at radius 1 is 1.15 bits per heavy atom. The van der Waals surface area contributed by atoms with Crippen LogP contribution in [0.5, 0.6) is 0 Å². The number of aryl methyl sites for hydroxylation is 3. The van der Waals surface area contributed by atoms with Gasteiger partial charge in [0.25, 0.3) is 0 Å². The summed E-state index contributed by atoms with van der Waals surface area (Å²) in [6.07, 6.45) is 5.56. The van der Waals surface area contributed by atoms with Crippen LogP contribution < -0.4 is 0 Å². The SMILES string of the molecule is CCc1cc(CC)c(C(Cl)C2CCCOC2)c(CC)c1. The minimum Gasteiger partial charge on any atom is -0.381 e. The highest BCUT2D eigenvalue weighted by molar-refractivity contribution is 6.21. The third-order valence-electron chi connectivity index (χ3n) is 4.47. The third-order valence-corrected chi connectivity index (χ3v) is 5.04. The number of rotatable bonds is 5. The van der Waals surface area contributed by atoms with Crippen LogP contribution in [0.15, 0.2) is 12.1 Å². The van der Waals surface area contributed by atoms with Gasteiger partial charge >= 0.3 is 0 Å². The van der Waals surface area contributed by atoms with Crippen molar-refractivity contribution in [2.24, 2.45) is 5.92 Å². The molecule has 1 nitrogen and oxygen atoms in total. The van der Waals surface area contributed by atoms with E-state index < -0.39 is 0 Å². The van der Waals surface area contributed by atoms with Crippen LogP contribution in [0.2, 0.25) is 0 Å². The van der Waals surface area contributed by atoms with Crippen molar-refractivity contribution in [2.75, 3.05) is 13.2 Å². The molecule has 0 radical (unpaired) electrons. The lowest BCUT2D eigenvalue weighted by molar-refractivity contribution is 0.0530. The van der Waals surface area contributed by atoms with Crippen LogP contribution in [-0.4, -0.2) is 13.2 Å². The second-order valence-corrected chi connectivity index (χ2v) is 6.24. The number of alkyl halides is 1. The zero-order valence-corrected chi connectivity index (χ0v) is 13.8. The monoisotopic (exact) mass is 294 g/mol. The largest absolute Gasteiger partial charge is 0.381 e. The molecule has 0 aromatic heterocycles. The molecule has 1 aromatic carbocycles. The number of hydrogen-bond donors (Lipinski definition) is 0. The fourth-order valence-corrected chi connectivity index (χ4v) is 3.71. The molecule has 1 fully saturated rings. The summed E-state index contributed by atoms with van der Waals surface area (Å²) < 4.78 is 5.63. The van der Waals surface area contributed by atoms with E-state index in [2.05, 4.69) is 32.9 Å². The van der Waals surface area contributed by atoms with E-state index in [-0.39, 0.29) is 5.38 Å². The van der Waals surface area contributed by atoms with Gasteiger partial charge in [-0.3, -0.25) is 0 Å². The lowest BCUT2D eigenvalue weighted by atomic mass is 9.85. The Morgan fingerprint density at radius 3 is 2.25 bits per heavy atom. The van der Waals surface area contributed by atoms with Gasteiger partial charge in [-0.05, 0) is 54.4 Å². The highest BCUT2D eigenvalue weighted by atomic mass is 35.5. The summed E-state index contributed by atoms with van der Waals surface area (Å²) >= 11 is 6.87. The molecule has 1 aliphatic rings. The smallest absolute Gasteiger partial charge is 0.0640 e. The van der Waals surface area contributed by atoms with Gasteiger partial charge in [-0.1, -0.05) is 32.9 Å². The topological polar surface area (TPSA) is 9.23 Å². The van der Waals surface area contributed by atoms with Gasteiger partial charge in [-0.2, -0.15) is 0 Å². The predicted molar refractivity (Wildman–Crippen MR) is 86.7 cm³/mol. The van der Waals surface area contributed by atoms with Gasteiger partial charge in [-0.25, -0.2) is 0 Å². The first-order valence-electron chi connectivity index (χ1n) is 8.07. The summed E-state index contributed by atoms with van der Waals surface area (Å²) in [4.78, 5) is 0. The van der Waals surface area contributed by atoms with Crippen LogP contribution in [-0.2, 0) is 24.0 Å². The maximum Gasteiger partial charge on any atom is 0.0640 e. The molecule has 2 rings (SSSR count). The van der Waals surface area contributed by atoms with E-state index in [4.69, 9.17) is 16.3 Å². The Balaban J connectivity index is 2.36. The van der Waals surface area contributed by atoms with Gasteiger partial charge in [-0.15, -0.1) is 11.6 Å². The van der Waals surface area contributed by atoms with Crippen molar-refractivity contribution in [1.82, 2.24) is 0 Å². The molecule has 1 saturated heterocycles. The second kappa shape index (κ2) is 7.47. The molecule has 0 saturated carbocycles. The average Bonchev–Trinajstić information content (AvgIpc) is 2.53. The first-order chi connectivity index (χ1) is 9.71. The molecule has 0 aliphatic carbocycles. The maximum atomic E-state index is 6.87. The van der Waals surface area contributed by atoms with E-state index in [1.165, 1.54) is 28.7 Å². The fraction of sp³-hybridized carbons (Fsp3) is 0.667. The van der Waals surface area contributed by atoms with Crippen molar-refractivity contribution in [3.63, 3.8) is 0 Å². The zero-order chi connectivity index (χ0) is 14.5. The Kier molecular flexibility index (Phi) is 5.92. The Bertz CT molecular complexity index is 410. The highest BCUT2D eigenvalue weighted by Gasteiger charge is 2.27. The molecule has 2 heteroatoms. The van der Waals surface area contributed by atoms with Crippen LogP contribution in [0.1, 0.15) is 61.2 Å². The van der Waals surface area contributed by atoms with Crippen LogP contribution in [0.4, 0.5) is 0 Å². The fourth-order valence-electron chi connectivity index (χ4n) is 3.23. The lowest BCUT2D eigenvalue weighted by Crippen LogP contribution is -2.22. The average molecular weight is 295 g/mol. The highest BCUT2D eigenvalue weighted by Crippen LogP contribution is 2.38. The molecule has 2 atom stereocenters. The predicted octanol–water partition coefficient (Wildman–Crippen LogP) is 5.08. The molecule has 112 valence electrons. The van der Waals surface area contributed by atoms with E-state index in [1.807, 2.05) is 0 Å². The Labute approximate surface area is 128 Å². The van der Waals surface area contributed by atoms with E-state index >= 15 is 0 Å². The third kappa shape index (κ3) is 3.38. The number of benzene rings is 1. The van der Waals surface area contributed by atoms with Gasteiger partial charge in [0, 0.05) is 12.5 Å². The lowest BCUT2D eigenvalue weighted by Gasteiger charge is -2.29. The molecule has 1 aromatic rings. The molecule has 0 bridgehead atoms. The summed E-state index contributed by atoms with van der Waals surface area (Å²) in [5.41, 5.74) is 5.70. The molecule has 0 N–H and O–H groups in total. The number of halogens is 1.